The van der Waals surface area contributed by atoms with Crippen LogP contribution >= 0.6 is 0 Å². The Morgan fingerprint density at radius 3 is 2.53 bits per heavy atom. The third-order valence-electron chi connectivity index (χ3n) is 3.35. The minimum Gasteiger partial charge on any atom is -0.399 e. The van der Waals surface area contributed by atoms with Crippen LogP contribution in [0.5, 0.6) is 0 Å². The fourth-order valence-electron chi connectivity index (χ4n) is 2.07. The summed E-state index contributed by atoms with van der Waals surface area (Å²) in [6.45, 7) is 6.23. The lowest BCUT2D eigenvalue weighted by atomic mass is 9.97. The molecule has 80 valence electrons. The van der Waals surface area contributed by atoms with Gasteiger partial charge in [0.05, 0.1) is 0 Å². The highest BCUT2D eigenvalue weighted by Crippen LogP contribution is 2.53. The van der Waals surface area contributed by atoms with E-state index in [0.717, 1.165) is 23.2 Å². The van der Waals surface area contributed by atoms with Crippen molar-refractivity contribution >= 4 is 11.5 Å². The molecule has 1 aromatic carbocycles. The minimum absolute atomic E-state index is 0.199. The zero-order valence-electron chi connectivity index (χ0n) is 9.50. The molecule has 0 amide bonds. The summed E-state index contributed by atoms with van der Waals surface area (Å²) in [7, 11) is 0. The van der Waals surface area contributed by atoms with Crippen molar-refractivity contribution in [3.05, 3.63) is 29.3 Å². The molecule has 0 saturated heterocycles. The van der Waals surface area contributed by atoms with E-state index in [2.05, 4.69) is 13.8 Å². The van der Waals surface area contributed by atoms with Crippen molar-refractivity contribution < 1.29 is 4.79 Å². The number of aryl methyl sites for hydroxylation is 1. The molecule has 1 aliphatic carbocycles. The predicted molar refractivity (Wildman–Crippen MR) is 61.8 cm³/mol. The molecule has 0 spiro atoms. The van der Waals surface area contributed by atoms with E-state index in [-0.39, 0.29) is 17.1 Å². The molecule has 1 atom stereocenters. The highest BCUT2D eigenvalue weighted by molar-refractivity contribution is 6.01. The fraction of sp³-hybridized carbons (Fsp3) is 0.462. The highest BCUT2D eigenvalue weighted by Gasteiger charge is 2.50. The van der Waals surface area contributed by atoms with Crippen LogP contribution < -0.4 is 5.73 Å². The number of hydrogen-bond donors (Lipinski definition) is 1. The number of nitrogen functional groups attached to an aromatic ring is 1. The molecular formula is C13H17NO. The number of carbonyl (C=O) groups is 1. The molecule has 0 radical (unpaired) electrons. The molecule has 0 aliphatic heterocycles. The molecule has 1 fully saturated rings. The first-order valence-corrected chi connectivity index (χ1v) is 5.32. The van der Waals surface area contributed by atoms with Gasteiger partial charge in [-0.3, -0.25) is 4.79 Å². The van der Waals surface area contributed by atoms with Gasteiger partial charge in [-0.05, 0) is 42.5 Å². The first-order chi connectivity index (χ1) is 6.92. The quantitative estimate of drug-likeness (QED) is 0.593. The van der Waals surface area contributed by atoms with Crippen molar-refractivity contribution in [3.63, 3.8) is 0 Å². The first-order valence-electron chi connectivity index (χ1n) is 5.32. The van der Waals surface area contributed by atoms with Crippen LogP contribution in [0, 0.1) is 18.3 Å². The average Bonchev–Trinajstić information content (AvgIpc) is 2.74. The standard InChI is InChI=1S/C13H17NO/c1-8-6-9(14)4-5-10(8)12(15)11-7-13(11,2)3/h4-6,11H,7,14H2,1-3H3. The van der Waals surface area contributed by atoms with E-state index in [0.29, 0.717) is 0 Å². The van der Waals surface area contributed by atoms with Gasteiger partial charge in [0.1, 0.15) is 0 Å². The van der Waals surface area contributed by atoms with E-state index >= 15 is 0 Å². The monoisotopic (exact) mass is 203 g/mol. The summed E-state index contributed by atoms with van der Waals surface area (Å²) in [5.74, 6) is 0.484. The number of Topliss-reactive ketones (excluding diaryl/α,β-unsaturated/α-hetero) is 1. The van der Waals surface area contributed by atoms with Gasteiger partial charge in [0.25, 0.3) is 0 Å². The Morgan fingerprint density at radius 2 is 2.07 bits per heavy atom. The average molecular weight is 203 g/mol. The van der Waals surface area contributed by atoms with Gasteiger partial charge >= 0.3 is 0 Å². The van der Waals surface area contributed by atoms with Crippen LogP contribution in [-0.2, 0) is 0 Å². The molecule has 1 aromatic rings. The van der Waals surface area contributed by atoms with Gasteiger partial charge in [0.15, 0.2) is 5.78 Å². The Morgan fingerprint density at radius 1 is 1.47 bits per heavy atom. The van der Waals surface area contributed by atoms with Crippen LogP contribution in [0.3, 0.4) is 0 Å². The van der Waals surface area contributed by atoms with Crippen LogP contribution in [0.2, 0.25) is 0 Å². The molecule has 15 heavy (non-hydrogen) atoms. The maximum absolute atomic E-state index is 12.1. The summed E-state index contributed by atoms with van der Waals surface area (Å²) in [5, 5.41) is 0. The SMILES string of the molecule is Cc1cc(N)ccc1C(=O)C1CC1(C)C. The highest BCUT2D eigenvalue weighted by atomic mass is 16.1. The lowest BCUT2D eigenvalue weighted by Crippen LogP contribution is -2.08. The summed E-state index contributed by atoms with van der Waals surface area (Å²) >= 11 is 0. The topological polar surface area (TPSA) is 43.1 Å². The van der Waals surface area contributed by atoms with Gasteiger partial charge in [-0.1, -0.05) is 13.8 Å². The van der Waals surface area contributed by atoms with Crippen molar-refractivity contribution in [1.29, 1.82) is 0 Å². The Hall–Kier alpha value is -1.31. The van der Waals surface area contributed by atoms with Gasteiger partial charge in [0, 0.05) is 17.2 Å². The second kappa shape index (κ2) is 3.09. The lowest BCUT2D eigenvalue weighted by molar-refractivity contribution is 0.0952. The summed E-state index contributed by atoms with van der Waals surface area (Å²) in [6, 6.07) is 5.51. The molecule has 0 heterocycles. The van der Waals surface area contributed by atoms with Gasteiger partial charge in [-0.2, -0.15) is 0 Å². The zero-order valence-corrected chi connectivity index (χ0v) is 9.50. The zero-order chi connectivity index (χ0) is 11.2. The maximum atomic E-state index is 12.1. The smallest absolute Gasteiger partial charge is 0.166 e. The first kappa shape index (κ1) is 10.2. The summed E-state index contributed by atoms with van der Waals surface area (Å²) in [4.78, 5) is 12.1. The van der Waals surface area contributed by atoms with Crippen LogP contribution in [0.25, 0.3) is 0 Å². The van der Waals surface area contributed by atoms with Crippen LogP contribution in [0.15, 0.2) is 18.2 Å². The van der Waals surface area contributed by atoms with Gasteiger partial charge < -0.3 is 5.73 Å². The number of carbonyl (C=O) groups excluding carboxylic acids is 1. The molecule has 0 bridgehead atoms. The van der Waals surface area contributed by atoms with E-state index < -0.39 is 0 Å². The predicted octanol–water partition coefficient (Wildman–Crippen LogP) is 2.81. The second-order valence-corrected chi connectivity index (χ2v) is 5.18. The van der Waals surface area contributed by atoms with Crippen molar-refractivity contribution in [1.82, 2.24) is 0 Å². The molecule has 2 rings (SSSR count). The lowest BCUT2D eigenvalue weighted by Gasteiger charge is -2.07. The fourth-order valence-corrected chi connectivity index (χ4v) is 2.07. The van der Waals surface area contributed by atoms with E-state index in [1.807, 2.05) is 19.1 Å². The molecule has 2 nitrogen and oxygen atoms in total. The summed E-state index contributed by atoms with van der Waals surface area (Å²) in [6.07, 6.45) is 1.01. The van der Waals surface area contributed by atoms with Crippen LogP contribution in [-0.4, -0.2) is 5.78 Å². The van der Waals surface area contributed by atoms with Crippen molar-refractivity contribution in [3.8, 4) is 0 Å². The third-order valence-corrected chi connectivity index (χ3v) is 3.35. The molecule has 0 aromatic heterocycles. The van der Waals surface area contributed by atoms with Gasteiger partial charge in [-0.15, -0.1) is 0 Å². The molecule has 2 N–H and O–H groups in total. The van der Waals surface area contributed by atoms with Crippen LogP contribution in [0.1, 0.15) is 36.2 Å². The Labute approximate surface area is 90.5 Å². The maximum Gasteiger partial charge on any atom is 0.166 e. The summed E-state index contributed by atoms with van der Waals surface area (Å²) < 4.78 is 0. The Bertz CT molecular complexity index is 421. The minimum atomic E-state index is 0.199. The number of benzene rings is 1. The van der Waals surface area contributed by atoms with E-state index in [9.17, 15) is 4.79 Å². The van der Waals surface area contributed by atoms with E-state index in [1.165, 1.54) is 0 Å². The molecule has 1 unspecified atom stereocenters. The third kappa shape index (κ3) is 1.76. The number of anilines is 1. The number of ketones is 1. The van der Waals surface area contributed by atoms with E-state index in [1.54, 1.807) is 6.07 Å². The van der Waals surface area contributed by atoms with Crippen molar-refractivity contribution in [2.24, 2.45) is 11.3 Å². The molecule has 2 heteroatoms. The van der Waals surface area contributed by atoms with Crippen molar-refractivity contribution in [2.75, 3.05) is 5.73 Å². The normalized spacial score (nSPS) is 22.5. The number of nitrogens with two attached hydrogens (primary N) is 1. The molecule has 1 aliphatic rings. The van der Waals surface area contributed by atoms with Crippen molar-refractivity contribution in [2.45, 2.75) is 27.2 Å². The summed E-state index contributed by atoms with van der Waals surface area (Å²) in [5.41, 5.74) is 8.40. The second-order valence-electron chi connectivity index (χ2n) is 5.18. The Kier molecular flexibility index (Phi) is 2.10. The van der Waals surface area contributed by atoms with Gasteiger partial charge in [-0.25, -0.2) is 0 Å². The molecular weight excluding hydrogens is 186 g/mol. The number of rotatable bonds is 2. The molecule has 1 saturated carbocycles. The number of hydrogen-bond acceptors (Lipinski definition) is 2. The Balaban J connectivity index is 2.27. The van der Waals surface area contributed by atoms with Crippen LogP contribution in [0.4, 0.5) is 5.69 Å². The van der Waals surface area contributed by atoms with E-state index in [4.69, 9.17) is 5.73 Å². The largest absolute Gasteiger partial charge is 0.399 e. The van der Waals surface area contributed by atoms with Gasteiger partial charge in [0.2, 0.25) is 0 Å².